The highest BCUT2D eigenvalue weighted by atomic mass is 35.5. The molecule has 2 bridgehead atoms. The first-order valence-corrected chi connectivity index (χ1v) is 11.9. The Morgan fingerprint density at radius 1 is 1.18 bits per heavy atom. The minimum atomic E-state index is -0.942. The van der Waals surface area contributed by atoms with E-state index < -0.39 is 29.4 Å². The summed E-state index contributed by atoms with van der Waals surface area (Å²) in [5.74, 6) is -0.341. The summed E-state index contributed by atoms with van der Waals surface area (Å²) in [4.78, 5) is 52.7. The van der Waals surface area contributed by atoms with Crippen LogP contribution in [0.1, 0.15) is 52.9 Å². The summed E-state index contributed by atoms with van der Waals surface area (Å²) in [5.41, 5.74) is 11.5. The van der Waals surface area contributed by atoms with Crippen molar-refractivity contribution in [3.8, 4) is 0 Å². The van der Waals surface area contributed by atoms with Gasteiger partial charge in [-0.05, 0) is 61.2 Å². The Kier molecular flexibility index (Phi) is 7.34. The minimum Gasteiger partial charge on any atom is -0.368 e. The highest BCUT2D eigenvalue weighted by Crippen LogP contribution is 2.57. The maximum atomic E-state index is 13.6. The summed E-state index contributed by atoms with van der Waals surface area (Å²) in [6.07, 6.45) is 4.11. The molecule has 2 aliphatic carbocycles. The Hall–Kier alpha value is -1.87. The van der Waals surface area contributed by atoms with Gasteiger partial charge in [0.25, 0.3) is 0 Å². The SMILES string of the molecule is CC(C)(C)[C@H](N)C(=O)N1C[C@@H]2[C@@H]3CC[C@@H](C3)[C@@H]2[C@H]1C(=O)N[C@@H](C[C@@H]1CCNC1=O)C(N)=O.Cl. The highest BCUT2D eigenvalue weighted by molar-refractivity contribution is 5.94. The van der Waals surface area contributed by atoms with Crippen molar-refractivity contribution in [3.05, 3.63) is 0 Å². The molecule has 0 unspecified atom stereocenters. The van der Waals surface area contributed by atoms with Gasteiger partial charge in [-0.25, -0.2) is 0 Å². The van der Waals surface area contributed by atoms with Crippen molar-refractivity contribution in [2.24, 2.45) is 46.5 Å². The molecular weight excluding hydrogens is 446 g/mol. The molecule has 10 heteroatoms. The van der Waals surface area contributed by atoms with Crippen LogP contribution in [0, 0.1) is 35.0 Å². The van der Waals surface area contributed by atoms with Crippen molar-refractivity contribution in [2.45, 2.75) is 71.0 Å². The van der Waals surface area contributed by atoms with E-state index in [4.69, 9.17) is 11.5 Å². The number of hydrogen-bond acceptors (Lipinski definition) is 5. The number of halogens is 1. The van der Waals surface area contributed by atoms with Gasteiger partial charge in [0.15, 0.2) is 0 Å². The van der Waals surface area contributed by atoms with E-state index in [-0.39, 0.29) is 48.4 Å². The van der Waals surface area contributed by atoms with E-state index in [1.165, 1.54) is 0 Å². The first kappa shape index (κ1) is 25.7. The number of carbonyl (C=O) groups is 4. The number of likely N-dealkylation sites (tertiary alicyclic amines) is 1. The van der Waals surface area contributed by atoms with Crippen LogP contribution < -0.4 is 22.1 Å². The maximum Gasteiger partial charge on any atom is 0.243 e. The molecule has 0 aromatic rings. The number of primary amides is 1. The molecule has 8 atom stereocenters. The lowest BCUT2D eigenvalue weighted by molar-refractivity contribution is -0.143. The number of amides is 4. The van der Waals surface area contributed by atoms with Crippen LogP contribution >= 0.6 is 12.4 Å². The molecule has 6 N–H and O–H groups in total. The maximum absolute atomic E-state index is 13.6. The third kappa shape index (κ3) is 4.71. The lowest BCUT2D eigenvalue weighted by atomic mass is 9.78. The van der Waals surface area contributed by atoms with Gasteiger partial charge in [0.05, 0.1) is 6.04 Å². The number of rotatable bonds is 6. The fourth-order valence-electron chi connectivity index (χ4n) is 6.52. The predicted octanol–water partition coefficient (Wildman–Crippen LogP) is 0.151. The van der Waals surface area contributed by atoms with Gasteiger partial charge < -0.3 is 27.0 Å². The molecular formula is C23H38ClN5O4. The van der Waals surface area contributed by atoms with Crippen LogP contribution in [-0.2, 0) is 19.2 Å². The molecule has 33 heavy (non-hydrogen) atoms. The Balaban J connectivity index is 0.00000306. The summed E-state index contributed by atoms with van der Waals surface area (Å²) < 4.78 is 0. The lowest BCUT2D eigenvalue weighted by Gasteiger charge is -2.35. The van der Waals surface area contributed by atoms with Crippen LogP contribution in [0.4, 0.5) is 0 Å². The van der Waals surface area contributed by atoms with Crippen LogP contribution in [-0.4, -0.2) is 59.7 Å². The Labute approximate surface area is 201 Å². The normalized spacial score (nSPS) is 34.3. The molecule has 2 aliphatic heterocycles. The van der Waals surface area contributed by atoms with E-state index in [2.05, 4.69) is 10.6 Å². The molecule has 2 heterocycles. The van der Waals surface area contributed by atoms with Gasteiger partial charge in [0.1, 0.15) is 12.1 Å². The molecule has 2 saturated heterocycles. The van der Waals surface area contributed by atoms with Gasteiger partial charge in [-0.3, -0.25) is 19.2 Å². The standard InChI is InChI=1S/C23H37N5O4.ClH/c1-23(2,3)18(24)22(32)28-10-14-11-4-5-12(8-11)16(14)17(28)21(31)27-15(19(25)29)9-13-6-7-26-20(13)30;/h11-18H,4-10,24H2,1-3H3,(H2,25,29)(H,26,30)(H,27,31);1H/t11-,12+,13+,14-,15+,16+,17+,18-;/m1./s1. The van der Waals surface area contributed by atoms with Crippen molar-refractivity contribution in [1.29, 1.82) is 0 Å². The van der Waals surface area contributed by atoms with Gasteiger partial charge in [-0.15, -0.1) is 12.4 Å². The van der Waals surface area contributed by atoms with E-state index >= 15 is 0 Å². The number of nitrogens with zero attached hydrogens (tertiary/aromatic N) is 1. The van der Waals surface area contributed by atoms with Crippen molar-refractivity contribution in [3.63, 3.8) is 0 Å². The summed E-state index contributed by atoms with van der Waals surface area (Å²) in [6.45, 7) is 6.85. The zero-order valence-corrected chi connectivity index (χ0v) is 20.5. The van der Waals surface area contributed by atoms with E-state index in [0.29, 0.717) is 37.3 Å². The molecule has 0 aromatic heterocycles. The number of fused-ring (bicyclic) bond motifs is 5. The Bertz CT molecular complexity index is 815. The monoisotopic (exact) mass is 483 g/mol. The first-order chi connectivity index (χ1) is 15.0. The topological polar surface area (TPSA) is 148 Å². The average Bonchev–Trinajstić information content (AvgIpc) is 3.47. The van der Waals surface area contributed by atoms with E-state index in [0.717, 1.165) is 19.3 Å². The highest BCUT2D eigenvalue weighted by Gasteiger charge is 2.60. The summed E-state index contributed by atoms with van der Waals surface area (Å²) in [7, 11) is 0. The van der Waals surface area contributed by atoms with Gasteiger partial charge in [0.2, 0.25) is 23.6 Å². The van der Waals surface area contributed by atoms with Crippen LogP contribution in [0.25, 0.3) is 0 Å². The number of nitrogens with one attached hydrogen (secondary N) is 2. The largest absolute Gasteiger partial charge is 0.368 e. The molecule has 0 aromatic carbocycles. The van der Waals surface area contributed by atoms with Crippen molar-refractivity contribution in [2.75, 3.05) is 13.1 Å². The molecule has 9 nitrogen and oxygen atoms in total. The molecule has 4 fully saturated rings. The average molecular weight is 484 g/mol. The third-order valence-electron chi connectivity index (χ3n) is 8.36. The van der Waals surface area contributed by atoms with Crippen LogP contribution in [0.2, 0.25) is 0 Å². The number of carbonyl (C=O) groups excluding carboxylic acids is 4. The van der Waals surface area contributed by atoms with Gasteiger partial charge in [-0.1, -0.05) is 20.8 Å². The van der Waals surface area contributed by atoms with E-state index in [1.54, 1.807) is 4.90 Å². The second-order valence-electron chi connectivity index (χ2n) is 11.3. The molecule has 4 amide bonds. The Morgan fingerprint density at radius 3 is 2.42 bits per heavy atom. The second kappa shape index (κ2) is 9.41. The first-order valence-electron chi connectivity index (χ1n) is 11.9. The van der Waals surface area contributed by atoms with Gasteiger partial charge in [0, 0.05) is 19.0 Å². The third-order valence-corrected chi connectivity index (χ3v) is 8.36. The molecule has 4 aliphatic rings. The van der Waals surface area contributed by atoms with Crippen molar-refractivity contribution < 1.29 is 19.2 Å². The van der Waals surface area contributed by atoms with Crippen LogP contribution in [0.15, 0.2) is 0 Å². The second-order valence-corrected chi connectivity index (χ2v) is 11.3. The summed E-state index contributed by atoms with van der Waals surface area (Å²) >= 11 is 0. The molecule has 186 valence electrons. The fraction of sp³-hybridized carbons (Fsp3) is 0.826. The Morgan fingerprint density at radius 2 is 1.85 bits per heavy atom. The zero-order chi connectivity index (χ0) is 23.4. The molecule has 0 radical (unpaired) electrons. The molecule has 4 rings (SSSR count). The summed E-state index contributed by atoms with van der Waals surface area (Å²) in [5, 5.41) is 5.56. The lowest BCUT2D eigenvalue weighted by Crippen LogP contribution is -2.58. The predicted molar refractivity (Wildman–Crippen MR) is 125 cm³/mol. The number of hydrogen-bond donors (Lipinski definition) is 4. The van der Waals surface area contributed by atoms with Crippen LogP contribution in [0.3, 0.4) is 0 Å². The van der Waals surface area contributed by atoms with E-state index in [1.807, 2.05) is 20.8 Å². The van der Waals surface area contributed by atoms with Crippen LogP contribution in [0.5, 0.6) is 0 Å². The molecule has 0 spiro atoms. The summed E-state index contributed by atoms with van der Waals surface area (Å²) in [6, 6.07) is -2.30. The molecule has 2 saturated carbocycles. The van der Waals surface area contributed by atoms with E-state index in [9.17, 15) is 19.2 Å². The quantitative estimate of drug-likeness (QED) is 0.424. The van der Waals surface area contributed by atoms with Crippen molar-refractivity contribution >= 4 is 36.0 Å². The minimum absolute atomic E-state index is 0. The van der Waals surface area contributed by atoms with Gasteiger partial charge in [-0.2, -0.15) is 0 Å². The number of nitrogens with two attached hydrogens (primary N) is 2. The van der Waals surface area contributed by atoms with Crippen molar-refractivity contribution in [1.82, 2.24) is 15.5 Å². The smallest absolute Gasteiger partial charge is 0.243 e. The zero-order valence-electron chi connectivity index (χ0n) is 19.7. The fourth-order valence-corrected chi connectivity index (χ4v) is 6.52. The van der Waals surface area contributed by atoms with Gasteiger partial charge >= 0.3 is 0 Å².